The summed E-state index contributed by atoms with van der Waals surface area (Å²) in [6.07, 6.45) is 8.12. The van der Waals surface area contributed by atoms with Crippen molar-refractivity contribution in [2.75, 3.05) is 0 Å². The van der Waals surface area contributed by atoms with Crippen LogP contribution in [0.1, 0.15) is 49.7 Å². The standard InChI is InChI=1S/C23H21N/c1-4-10-20-16(7-1)15-19-21(24-20)17-8-2-3-9-18(17)22-11-5-13-23(19,22)14-6-12-22/h1-4,7-10,15H,5-6,11-14H2. The minimum atomic E-state index is 0.341. The number of nitrogens with zero attached hydrogens (tertiary/aromatic N) is 1. The molecule has 2 aromatic carbocycles. The summed E-state index contributed by atoms with van der Waals surface area (Å²) in [5.74, 6) is 0. The van der Waals surface area contributed by atoms with Crippen molar-refractivity contribution in [1.29, 1.82) is 0 Å². The van der Waals surface area contributed by atoms with Crippen LogP contribution in [0.15, 0.2) is 54.6 Å². The summed E-state index contributed by atoms with van der Waals surface area (Å²) in [6.45, 7) is 0. The van der Waals surface area contributed by atoms with E-state index in [0.29, 0.717) is 10.8 Å². The van der Waals surface area contributed by atoms with Crippen molar-refractivity contribution in [1.82, 2.24) is 4.98 Å². The van der Waals surface area contributed by atoms with Gasteiger partial charge >= 0.3 is 0 Å². The number of para-hydroxylation sites is 1. The highest BCUT2D eigenvalue weighted by atomic mass is 14.8. The summed E-state index contributed by atoms with van der Waals surface area (Å²) in [5.41, 5.74) is 7.66. The maximum absolute atomic E-state index is 5.17. The van der Waals surface area contributed by atoms with Gasteiger partial charge in [0.25, 0.3) is 0 Å². The molecule has 1 heterocycles. The van der Waals surface area contributed by atoms with Crippen LogP contribution in [0.4, 0.5) is 0 Å². The van der Waals surface area contributed by atoms with E-state index < -0.39 is 0 Å². The Hall–Kier alpha value is -2.15. The van der Waals surface area contributed by atoms with E-state index in [-0.39, 0.29) is 0 Å². The molecule has 0 bridgehead atoms. The largest absolute Gasteiger partial charge is 0.247 e. The molecule has 3 aromatic rings. The number of hydrogen-bond acceptors (Lipinski definition) is 1. The second kappa shape index (κ2) is 4.27. The summed E-state index contributed by atoms with van der Waals surface area (Å²) in [4.78, 5) is 5.17. The van der Waals surface area contributed by atoms with Gasteiger partial charge in [0.05, 0.1) is 11.2 Å². The molecule has 3 aliphatic rings. The van der Waals surface area contributed by atoms with Crippen molar-refractivity contribution in [2.24, 2.45) is 0 Å². The van der Waals surface area contributed by atoms with Crippen LogP contribution in [0.25, 0.3) is 22.2 Å². The van der Waals surface area contributed by atoms with Gasteiger partial charge in [-0.25, -0.2) is 4.98 Å². The molecule has 0 N–H and O–H groups in total. The zero-order chi connectivity index (χ0) is 15.8. The normalized spacial score (nSPS) is 29.8. The molecule has 0 spiro atoms. The van der Waals surface area contributed by atoms with Crippen LogP contribution >= 0.6 is 0 Å². The molecule has 0 radical (unpaired) electrons. The summed E-state index contributed by atoms with van der Waals surface area (Å²) in [6, 6.07) is 20.2. The Balaban J connectivity index is 1.80. The topological polar surface area (TPSA) is 12.9 Å². The molecule has 0 unspecified atom stereocenters. The molecule has 6 rings (SSSR count). The van der Waals surface area contributed by atoms with Crippen molar-refractivity contribution in [3.05, 3.63) is 65.7 Å². The first-order chi connectivity index (χ1) is 11.8. The van der Waals surface area contributed by atoms with E-state index in [9.17, 15) is 0 Å². The second-order valence-electron chi connectivity index (χ2n) is 7.99. The Morgan fingerprint density at radius 3 is 2.21 bits per heavy atom. The first-order valence-electron chi connectivity index (χ1n) is 9.34. The minimum absolute atomic E-state index is 0.341. The summed E-state index contributed by atoms with van der Waals surface area (Å²) < 4.78 is 0. The average molecular weight is 311 g/mol. The SMILES string of the molecule is c1ccc2c(c1)-c1nc3ccccc3cc1C13CCCC21CCC3. The number of fused-ring (bicyclic) bond motifs is 4. The van der Waals surface area contributed by atoms with Crippen molar-refractivity contribution in [3.63, 3.8) is 0 Å². The van der Waals surface area contributed by atoms with Gasteiger partial charge in [0.1, 0.15) is 0 Å². The molecule has 24 heavy (non-hydrogen) atoms. The molecule has 1 aromatic heterocycles. The van der Waals surface area contributed by atoms with E-state index in [1.54, 1.807) is 11.1 Å². The van der Waals surface area contributed by atoms with E-state index in [2.05, 4.69) is 54.6 Å². The number of rotatable bonds is 0. The van der Waals surface area contributed by atoms with Crippen LogP contribution in [0.5, 0.6) is 0 Å². The van der Waals surface area contributed by atoms with Crippen molar-refractivity contribution in [2.45, 2.75) is 49.4 Å². The lowest BCUT2D eigenvalue weighted by atomic mass is 9.56. The average Bonchev–Trinajstić information content (AvgIpc) is 3.18. The van der Waals surface area contributed by atoms with Crippen LogP contribution in [-0.2, 0) is 10.8 Å². The smallest absolute Gasteiger partial charge is 0.0750 e. The lowest BCUT2D eigenvalue weighted by Gasteiger charge is -2.47. The Morgan fingerprint density at radius 1 is 0.708 bits per heavy atom. The van der Waals surface area contributed by atoms with E-state index in [1.165, 1.54) is 55.2 Å². The van der Waals surface area contributed by atoms with E-state index in [1.807, 2.05) is 0 Å². The highest BCUT2D eigenvalue weighted by Gasteiger charge is 2.62. The summed E-state index contributed by atoms with van der Waals surface area (Å²) in [7, 11) is 0. The fraction of sp³-hybridized carbons (Fsp3) is 0.348. The number of benzene rings is 2. The zero-order valence-electron chi connectivity index (χ0n) is 13.9. The number of hydrogen-bond donors (Lipinski definition) is 0. The first kappa shape index (κ1) is 13.2. The zero-order valence-corrected chi connectivity index (χ0v) is 13.9. The molecule has 2 saturated carbocycles. The Kier molecular flexibility index (Phi) is 2.35. The molecule has 3 aliphatic carbocycles. The van der Waals surface area contributed by atoms with E-state index in [0.717, 1.165) is 5.52 Å². The molecular formula is C23H21N. The summed E-state index contributed by atoms with van der Waals surface area (Å²) >= 11 is 0. The van der Waals surface area contributed by atoms with Gasteiger partial charge in [0, 0.05) is 21.8 Å². The molecular weight excluding hydrogens is 290 g/mol. The molecule has 0 aliphatic heterocycles. The van der Waals surface area contributed by atoms with Crippen LogP contribution in [-0.4, -0.2) is 4.98 Å². The fourth-order valence-corrected chi connectivity index (χ4v) is 6.44. The highest BCUT2D eigenvalue weighted by molar-refractivity contribution is 5.87. The molecule has 2 fully saturated rings. The maximum Gasteiger partial charge on any atom is 0.0750 e. The van der Waals surface area contributed by atoms with Crippen molar-refractivity contribution in [3.8, 4) is 11.3 Å². The predicted molar refractivity (Wildman–Crippen MR) is 98.2 cm³/mol. The van der Waals surface area contributed by atoms with Gasteiger partial charge < -0.3 is 0 Å². The van der Waals surface area contributed by atoms with Crippen molar-refractivity contribution < 1.29 is 0 Å². The molecule has 1 heteroatoms. The van der Waals surface area contributed by atoms with Gasteiger partial charge in [-0.2, -0.15) is 0 Å². The Bertz CT molecular complexity index is 974. The predicted octanol–water partition coefficient (Wildman–Crippen LogP) is 5.76. The lowest BCUT2D eigenvalue weighted by molar-refractivity contribution is 0.298. The summed E-state index contributed by atoms with van der Waals surface area (Å²) in [5, 5.41) is 1.30. The van der Waals surface area contributed by atoms with Gasteiger partial charge in [-0.05, 0) is 48.9 Å². The van der Waals surface area contributed by atoms with Crippen LogP contribution in [0, 0.1) is 0 Å². The first-order valence-corrected chi connectivity index (χ1v) is 9.34. The van der Waals surface area contributed by atoms with Crippen LogP contribution in [0.3, 0.4) is 0 Å². The Morgan fingerprint density at radius 2 is 1.38 bits per heavy atom. The second-order valence-corrected chi connectivity index (χ2v) is 7.99. The van der Waals surface area contributed by atoms with Gasteiger partial charge in [-0.3, -0.25) is 0 Å². The van der Waals surface area contributed by atoms with Gasteiger partial charge in [0.15, 0.2) is 0 Å². The molecule has 118 valence electrons. The van der Waals surface area contributed by atoms with E-state index >= 15 is 0 Å². The van der Waals surface area contributed by atoms with Gasteiger partial charge in [0.2, 0.25) is 0 Å². The molecule has 0 saturated heterocycles. The fourth-order valence-electron chi connectivity index (χ4n) is 6.44. The number of aromatic nitrogens is 1. The quantitative estimate of drug-likeness (QED) is 0.514. The highest BCUT2D eigenvalue weighted by Crippen LogP contribution is 2.68. The van der Waals surface area contributed by atoms with Crippen LogP contribution in [0.2, 0.25) is 0 Å². The monoisotopic (exact) mass is 311 g/mol. The Labute approximate surface area is 142 Å². The lowest BCUT2D eigenvalue weighted by Crippen LogP contribution is -2.43. The third kappa shape index (κ3) is 1.33. The molecule has 0 amide bonds. The van der Waals surface area contributed by atoms with Gasteiger partial charge in [-0.1, -0.05) is 55.3 Å². The van der Waals surface area contributed by atoms with Crippen molar-refractivity contribution >= 4 is 10.9 Å². The molecule has 1 nitrogen and oxygen atoms in total. The number of pyridine rings is 1. The third-order valence-corrected chi connectivity index (χ3v) is 7.27. The van der Waals surface area contributed by atoms with Crippen LogP contribution < -0.4 is 0 Å². The van der Waals surface area contributed by atoms with E-state index in [4.69, 9.17) is 4.98 Å². The maximum atomic E-state index is 5.17. The van der Waals surface area contributed by atoms with Gasteiger partial charge in [-0.15, -0.1) is 0 Å². The molecule has 0 atom stereocenters. The minimum Gasteiger partial charge on any atom is -0.247 e. The third-order valence-electron chi connectivity index (χ3n) is 7.27.